The van der Waals surface area contributed by atoms with Gasteiger partial charge < -0.3 is 14.8 Å². The van der Waals surface area contributed by atoms with Crippen molar-refractivity contribution in [3.8, 4) is 0 Å². The van der Waals surface area contributed by atoms with Crippen LogP contribution in [-0.2, 0) is 27.1 Å². The lowest BCUT2D eigenvalue weighted by molar-refractivity contribution is -0.137. The Kier molecular flexibility index (Phi) is 7.63. The van der Waals surface area contributed by atoms with Crippen molar-refractivity contribution in [2.75, 3.05) is 38.2 Å². The molecule has 5 rings (SSSR count). The van der Waals surface area contributed by atoms with Crippen molar-refractivity contribution in [1.82, 2.24) is 19.9 Å². The number of Topliss-reactive ketones (excluding diaryl/α,β-unsaturated/α-hetero) is 1. The predicted molar refractivity (Wildman–Crippen MR) is 130 cm³/mol. The van der Waals surface area contributed by atoms with Crippen LogP contribution in [0.2, 0.25) is 0 Å². The molecular weight excluding hydrogens is 487 g/mol. The number of likely N-dealkylation sites (tertiary alicyclic amines) is 1. The molecule has 4 heterocycles. The number of ketones is 1. The number of pyridine rings is 1. The third-order valence-electron chi connectivity index (χ3n) is 6.95. The second-order valence-electron chi connectivity index (χ2n) is 9.48. The highest BCUT2D eigenvalue weighted by atomic mass is 19.4. The molecule has 2 aliphatic rings. The van der Waals surface area contributed by atoms with Gasteiger partial charge in [-0.1, -0.05) is 0 Å². The zero-order valence-electron chi connectivity index (χ0n) is 20.2. The van der Waals surface area contributed by atoms with Crippen LogP contribution in [0.4, 0.5) is 19.0 Å². The van der Waals surface area contributed by atoms with Gasteiger partial charge in [-0.05, 0) is 42.3 Å². The molecule has 2 aromatic heterocycles. The van der Waals surface area contributed by atoms with Crippen LogP contribution < -0.4 is 5.32 Å². The van der Waals surface area contributed by atoms with E-state index < -0.39 is 11.7 Å². The summed E-state index contributed by atoms with van der Waals surface area (Å²) in [6.07, 6.45) is 1.35. The van der Waals surface area contributed by atoms with Crippen molar-refractivity contribution < 1.29 is 27.4 Å². The van der Waals surface area contributed by atoms with E-state index in [-0.39, 0.29) is 42.0 Å². The van der Waals surface area contributed by atoms with Crippen LogP contribution in [0.1, 0.15) is 24.0 Å². The highest BCUT2D eigenvalue weighted by molar-refractivity contribution is 5.91. The Morgan fingerprint density at radius 1 is 1.16 bits per heavy atom. The van der Waals surface area contributed by atoms with Gasteiger partial charge in [-0.2, -0.15) is 13.2 Å². The van der Waals surface area contributed by atoms with Crippen LogP contribution in [0.5, 0.6) is 0 Å². The molecule has 1 N–H and O–H groups in total. The number of fused-ring (bicyclic) bond motifs is 1. The van der Waals surface area contributed by atoms with E-state index in [2.05, 4.69) is 25.2 Å². The molecule has 3 atom stereocenters. The van der Waals surface area contributed by atoms with E-state index in [0.29, 0.717) is 24.8 Å². The Morgan fingerprint density at radius 2 is 2.00 bits per heavy atom. The minimum atomic E-state index is -4.49. The number of hydrogen-bond donors (Lipinski definition) is 1. The lowest BCUT2D eigenvalue weighted by Gasteiger charge is -2.22. The maximum atomic E-state index is 13.2. The molecule has 2 aliphatic heterocycles. The quantitative estimate of drug-likeness (QED) is 0.461. The number of carbonyl (C=O) groups is 1. The van der Waals surface area contributed by atoms with Gasteiger partial charge in [-0.15, -0.1) is 0 Å². The molecule has 0 radical (unpaired) electrons. The van der Waals surface area contributed by atoms with Crippen LogP contribution in [-0.4, -0.2) is 70.6 Å². The summed E-state index contributed by atoms with van der Waals surface area (Å²) >= 11 is 0. The Morgan fingerprint density at radius 3 is 2.76 bits per heavy atom. The van der Waals surface area contributed by atoms with E-state index in [1.807, 2.05) is 12.1 Å². The summed E-state index contributed by atoms with van der Waals surface area (Å²) in [5, 5.41) is 3.15. The highest BCUT2D eigenvalue weighted by Crippen LogP contribution is 2.33. The standard InChI is InChI=1S/C26H28F3N5O3/c27-26(28,29)19-1-2-23-22(10-19)25(33-16-32-23)31-11-21(35)9-18-12-34(20-5-8-36-15-20)13-24(18)37-14-17-3-6-30-7-4-17/h1-4,6-7,10,16,18,20,24H,5,8-9,11-15H2,(H,31,32,33)/t18?,20?,24-/m0/s1. The first-order valence-corrected chi connectivity index (χ1v) is 12.3. The Hall–Kier alpha value is -3.15. The summed E-state index contributed by atoms with van der Waals surface area (Å²) < 4.78 is 51.4. The number of halogens is 3. The number of nitrogens with zero attached hydrogens (tertiary/aromatic N) is 4. The SMILES string of the molecule is O=C(CNc1ncnc2ccc(C(F)(F)F)cc12)CC1CN(C2CCOC2)C[C@@H]1OCc1ccncc1. The van der Waals surface area contributed by atoms with Crippen LogP contribution in [0.15, 0.2) is 49.1 Å². The molecule has 2 saturated heterocycles. The minimum absolute atomic E-state index is 0.00397. The number of aromatic nitrogens is 3. The topological polar surface area (TPSA) is 89.5 Å². The molecule has 2 unspecified atom stereocenters. The van der Waals surface area contributed by atoms with Gasteiger partial charge in [0.15, 0.2) is 5.78 Å². The molecular formula is C26H28F3N5O3. The van der Waals surface area contributed by atoms with Gasteiger partial charge in [0.1, 0.15) is 12.1 Å². The Bertz CT molecular complexity index is 1220. The first-order chi connectivity index (χ1) is 17.9. The number of nitrogens with one attached hydrogen (secondary N) is 1. The first kappa shape index (κ1) is 25.5. The summed E-state index contributed by atoms with van der Waals surface area (Å²) in [5.41, 5.74) is 0.589. The van der Waals surface area contributed by atoms with E-state index in [0.717, 1.165) is 43.8 Å². The monoisotopic (exact) mass is 515 g/mol. The van der Waals surface area contributed by atoms with E-state index in [1.54, 1.807) is 12.4 Å². The molecule has 2 fully saturated rings. The van der Waals surface area contributed by atoms with Gasteiger partial charge in [0, 0.05) is 55.9 Å². The lowest BCUT2D eigenvalue weighted by Crippen LogP contribution is -2.34. The maximum Gasteiger partial charge on any atom is 0.416 e. The van der Waals surface area contributed by atoms with E-state index in [9.17, 15) is 18.0 Å². The average molecular weight is 516 g/mol. The summed E-state index contributed by atoms with van der Waals surface area (Å²) in [4.78, 5) is 27.5. The fourth-order valence-electron chi connectivity index (χ4n) is 4.97. The van der Waals surface area contributed by atoms with Gasteiger partial charge >= 0.3 is 6.18 Å². The fourth-order valence-corrected chi connectivity index (χ4v) is 4.97. The zero-order valence-corrected chi connectivity index (χ0v) is 20.2. The molecule has 1 aromatic carbocycles. The van der Waals surface area contributed by atoms with Crippen molar-refractivity contribution in [1.29, 1.82) is 0 Å². The zero-order chi connectivity index (χ0) is 25.8. The minimum Gasteiger partial charge on any atom is -0.380 e. The predicted octanol–water partition coefficient (Wildman–Crippen LogP) is 3.72. The molecule has 196 valence electrons. The molecule has 0 saturated carbocycles. The van der Waals surface area contributed by atoms with Crippen LogP contribution in [0.3, 0.4) is 0 Å². The lowest BCUT2D eigenvalue weighted by atomic mass is 9.99. The second kappa shape index (κ2) is 11.1. The summed E-state index contributed by atoms with van der Waals surface area (Å²) in [5.74, 6) is 0.132. The van der Waals surface area contributed by atoms with Crippen molar-refractivity contribution in [2.45, 2.75) is 37.8 Å². The normalized spacial score (nSPS) is 22.5. The number of anilines is 1. The van der Waals surface area contributed by atoms with Crippen molar-refractivity contribution in [3.05, 3.63) is 60.2 Å². The van der Waals surface area contributed by atoms with Gasteiger partial charge in [0.2, 0.25) is 0 Å². The average Bonchev–Trinajstić information content (AvgIpc) is 3.56. The van der Waals surface area contributed by atoms with Gasteiger partial charge in [0.25, 0.3) is 0 Å². The molecule has 3 aromatic rings. The van der Waals surface area contributed by atoms with E-state index in [4.69, 9.17) is 9.47 Å². The van der Waals surface area contributed by atoms with Gasteiger partial charge in [0.05, 0.1) is 36.9 Å². The van der Waals surface area contributed by atoms with Crippen molar-refractivity contribution in [2.24, 2.45) is 5.92 Å². The number of rotatable bonds is 9. The number of ether oxygens (including phenoxy) is 2. The first-order valence-electron chi connectivity index (χ1n) is 12.3. The van der Waals surface area contributed by atoms with Crippen LogP contribution in [0, 0.1) is 5.92 Å². The third kappa shape index (κ3) is 6.23. The molecule has 0 aliphatic carbocycles. The largest absolute Gasteiger partial charge is 0.416 e. The number of hydrogen-bond acceptors (Lipinski definition) is 8. The Balaban J connectivity index is 1.24. The maximum absolute atomic E-state index is 13.2. The molecule has 0 amide bonds. The van der Waals surface area contributed by atoms with E-state index >= 15 is 0 Å². The van der Waals surface area contributed by atoms with Gasteiger partial charge in [-0.3, -0.25) is 14.7 Å². The molecule has 8 nitrogen and oxygen atoms in total. The second-order valence-corrected chi connectivity index (χ2v) is 9.48. The number of benzene rings is 1. The van der Waals surface area contributed by atoms with Crippen LogP contribution in [0.25, 0.3) is 10.9 Å². The fraction of sp³-hybridized carbons (Fsp3) is 0.462. The van der Waals surface area contributed by atoms with Crippen molar-refractivity contribution >= 4 is 22.5 Å². The molecule has 0 spiro atoms. The number of carbonyl (C=O) groups excluding carboxylic acids is 1. The van der Waals surface area contributed by atoms with E-state index in [1.165, 1.54) is 12.4 Å². The van der Waals surface area contributed by atoms with Crippen molar-refractivity contribution in [3.63, 3.8) is 0 Å². The summed E-state index contributed by atoms with van der Waals surface area (Å²) in [6.45, 7) is 3.25. The number of alkyl halides is 3. The highest BCUT2D eigenvalue weighted by Gasteiger charge is 2.39. The molecule has 37 heavy (non-hydrogen) atoms. The summed E-state index contributed by atoms with van der Waals surface area (Å²) in [7, 11) is 0. The van der Waals surface area contributed by atoms with Gasteiger partial charge in [-0.25, -0.2) is 9.97 Å². The summed E-state index contributed by atoms with van der Waals surface area (Å²) in [6, 6.07) is 7.41. The molecule has 11 heteroatoms. The molecule has 0 bridgehead atoms. The third-order valence-corrected chi connectivity index (χ3v) is 6.95. The smallest absolute Gasteiger partial charge is 0.380 e. The Labute approximate surface area is 212 Å². The van der Waals surface area contributed by atoms with Crippen LogP contribution >= 0.6 is 0 Å².